The molecule has 2 unspecified atom stereocenters. The molecule has 2 atom stereocenters. The van der Waals surface area contributed by atoms with E-state index in [0.717, 1.165) is 21.2 Å². The highest BCUT2D eigenvalue weighted by Crippen LogP contribution is 2.31. The summed E-state index contributed by atoms with van der Waals surface area (Å²) >= 11 is 2.06. The zero-order valence-electron chi connectivity index (χ0n) is 20.2. The van der Waals surface area contributed by atoms with Crippen LogP contribution in [0.3, 0.4) is 0 Å². The molecule has 1 aliphatic rings. The molecule has 15 heteroatoms. The van der Waals surface area contributed by atoms with Gasteiger partial charge in [-0.2, -0.15) is 0 Å². The smallest absolute Gasteiger partial charge is 0.280 e. The van der Waals surface area contributed by atoms with E-state index in [1.165, 1.54) is 22.1 Å². The first kappa shape index (κ1) is 26.1. The highest BCUT2D eigenvalue weighted by Gasteiger charge is 2.36. The first-order valence-corrected chi connectivity index (χ1v) is 13.2. The molecule has 5 rings (SSSR count). The number of pyridine rings is 2. The number of thioether (sulfide) groups is 1. The molecule has 0 fully saturated rings. The van der Waals surface area contributed by atoms with Gasteiger partial charge in [-0.25, -0.2) is 9.97 Å². The van der Waals surface area contributed by atoms with Crippen LogP contribution < -0.4 is 27.7 Å². The van der Waals surface area contributed by atoms with E-state index in [-0.39, 0.29) is 29.5 Å². The number of thiophene rings is 1. The number of nitrogens with two attached hydrogens (primary N) is 2. The van der Waals surface area contributed by atoms with Crippen LogP contribution in [-0.4, -0.2) is 41.4 Å². The summed E-state index contributed by atoms with van der Waals surface area (Å²) in [6.07, 6.45) is 4.48. The molecular weight excluding hydrogens is 540 g/mol. The minimum Gasteiger partial charge on any atom is -0.384 e. The fourth-order valence-electron chi connectivity index (χ4n) is 4.08. The van der Waals surface area contributed by atoms with Crippen molar-refractivity contribution in [1.82, 2.24) is 24.8 Å². The summed E-state index contributed by atoms with van der Waals surface area (Å²) in [5, 5.41) is 21.6. The van der Waals surface area contributed by atoms with Gasteiger partial charge in [0.2, 0.25) is 5.91 Å². The van der Waals surface area contributed by atoms with Gasteiger partial charge < -0.3 is 22.1 Å². The maximum absolute atomic E-state index is 13.3. The number of rotatable bonds is 5. The number of nitrogen functional groups attached to an aromatic ring is 1. The molecule has 1 aliphatic heterocycles. The van der Waals surface area contributed by atoms with E-state index in [1.54, 1.807) is 30.5 Å². The van der Waals surface area contributed by atoms with Crippen LogP contribution in [0.1, 0.15) is 34.9 Å². The topological polar surface area (TPSA) is 219 Å². The second kappa shape index (κ2) is 10.7. The van der Waals surface area contributed by atoms with Gasteiger partial charge in [0.25, 0.3) is 11.5 Å². The molecule has 2 amide bonds. The number of fused-ring (bicyclic) bond motifs is 2. The second-order valence-corrected chi connectivity index (χ2v) is 10.8. The van der Waals surface area contributed by atoms with Crippen LogP contribution in [0.25, 0.3) is 10.1 Å². The fraction of sp³-hybridized carbons (Fsp3) is 0.167. The number of carbonyl (C=O) groups excluding carboxylic acids is 2. The normalized spacial score (nSPS) is 16.0. The Hall–Kier alpha value is -4.47. The van der Waals surface area contributed by atoms with E-state index in [2.05, 4.69) is 25.6 Å². The van der Waals surface area contributed by atoms with Gasteiger partial charge in [0.05, 0.1) is 24.5 Å². The molecule has 0 aromatic carbocycles. The number of hydrogen-bond acceptors (Lipinski definition) is 12. The van der Waals surface area contributed by atoms with Gasteiger partial charge >= 0.3 is 0 Å². The Morgan fingerprint density at radius 2 is 2.00 bits per heavy atom. The van der Waals surface area contributed by atoms with Gasteiger partial charge in [-0.1, -0.05) is 6.07 Å². The molecule has 198 valence electrons. The zero-order chi connectivity index (χ0) is 27.7. The Morgan fingerprint density at radius 1 is 1.18 bits per heavy atom. The van der Waals surface area contributed by atoms with Crippen molar-refractivity contribution in [3.63, 3.8) is 0 Å². The van der Waals surface area contributed by atoms with Crippen molar-refractivity contribution in [2.75, 3.05) is 11.1 Å². The molecule has 4 aromatic heterocycles. The minimum atomic E-state index is -0.926. The van der Waals surface area contributed by atoms with Crippen molar-refractivity contribution >= 4 is 66.6 Å². The fourth-order valence-corrected chi connectivity index (χ4v) is 5.67. The van der Waals surface area contributed by atoms with Crippen LogP contribution >= 0.6 is 23.1 Å². The first-order chi connectivity index (χ1) is 18.7. The SMILES string of the molecule is N=C(SC(=N)c1ccccn1)C(=O)Nc1cnc2n(c1=O)C(C(=O)NCc1cc3cnc(N)cc3s1)CC2N. The van der Waals surface area contributed by atoms with Crippen LogP contribution in [0.4, 0.5) is 11.5 Å². The Morgan fingerprint density at radius 3 is 2.77 bits per heavy atom. The largest absolute Gasteiger partial charge is 0.384 e. The summed E-state index contributed by atoms with van der Waals surface area (Å²) in [7, 11) is 0. The van der Waals surface area contributed by atoms with Gasteiger partial charge in [0, 0.05) is 27.4 Å². The molecule has 4 aromatic rings. The van der Waals surface area contributed by atoms with Gasteiger partial charge in [0.15, 0.2) is 5.04 Å². The van der Waals surface area contributed by atoms with Gasteiger partial charge in [-0.15, -0.1) is 11.3 Å². The first-order valence-electron chi connectivity index (χ1n) is 11.6. The van der Waals surface area contributed by atoms with Crippen LogP contribution in [0.2, 0.25) is 0 Å². The van der Waals surface area contributed by atoms with Crippen LogP contribution in [-0.2, 0) is 16.1 Å². The van der Waals surface area contributed by atoms with Crippen molar-refractivity contribution < 1.29 is 9.59 Å². The van der Waals surface area contributed by atoms with E-state index >= 15 is 0 Å². The summed E-state index contributed by atoms with van der Waals surface area (Å²) in [6.45, 7) is 0.231. The molecule has 0 bridgehead atoms. The Kier molecular flexibility index (Phi) is 7.19. The summed E-state index contributed by atoms with van der Waals surface area (Å²) in [4.78, 5) is 52.2. The van der Waals surface area contributed by atoms with Gasteiger partial charge in [-0.05, 0) is 42.4 Å². The lowest BCUT2D eigenvalue weighted by atomic mass is 10.1. The quantitative estimate of drug-likeness (QED) is 0.154. The molecule has 0 saturated carbocycles. The van der Waals surface area contributed by atoms with E-state index in [9.17, 15) is 14.4 Å². The Labute approximate surface area is 229 Å². The number of nitrogens with one attached hydrogen (secondary N) is 4. The molecule has 13 nitrogen and oxygen atoms in total. The number of amides is 2. The van der Waals surface area contributed by atoms with E-state index in [0.29, 0.717) is 23.3 Å². The third-order valence-corrected chi connectivity index (χ3v) is 7.81. The van der Waals surface area contributed by atoms with Crippen molar-refractivity contribution in [1.29, 1.82) is 10.8 Å². The monoisotopic (exact) mass is 562 g/mol. The molecule has 0 spiro atoms. The Bertz CT molecular complexity index is 1680. The summed E-state index contributed by atoms with van der Waals surface area (Å²) in [5.41, 5.74) is 11.3. The van der Waals surface area contributed by atoms with E-state index < -0.39 is 34.5 Å². The lowest BCUT2D eigenvalue weighted by Gasteiger charge is -2.15. The van der Waals surface area contributed by atoms with Gasteiger partial charge in [0.1, 0.15) is 28.4 Å². The summed E-state index contributed by atoms with van der Waals surface area (Å²) < 4.78 is 2.12. The third kappa shape index (κ3) is 5.41. The lowest BCUT2D eigenvalue weighted by molar-refractivity contribution is -0.124. The highest BCUT2D eigenvalue weighted by molar-refractivity contribution is 8.28. The zero-order valence-corrected chi connectivity index (χ0v) is 21.8. The van der Waals surface area contributed by atoms with Crippen molar-refractivity contribution in [2.24, 2.45) is 5.73 Å². The number of aromatic nitrogens is 4. The number of nitrogens with zero attached hydrogens (tertiary/aromatic N) is 4. The molecule has 8 N–H and O–H groups in total. The van der Waals surface area contributed by atoms with E-state index in [4.69, 9.17) is 22.3 Å². The molecule has 39 heavy (non-hydrogen) atoms. The van der Waals surface area contributed by atoms with Crippen LogP contribution in [0, 0.1) is 10.8 Å². The standard InChI is InChI=1S/C24H22N10O3S2/c25-13-6-16(22(35)32-9-12-5-11-8-30-18(26)7-17(11)38-12)34-21(13)31-10-15(24(34)37)33-23(36)20(28)39-19(27)14-3-1-2-4-29-14/h1-5,7-8,10,13,16,27-28H,6,9,25H2,(H2,26,30)(H,32,35)(H,33,36). The molecule has 0 radical (unpaired) electrons. The van der Waals surface area contributed by atoms with Crippen LogP contribution in [0.5, 0.6) is 0 Å². The predicted octanol–water partition coefficient (Wildman–Crippen LogP) is 1.77. The van der Waals surface area contributed by atoms with Crippen molar-refractivity contribution in [3.05, 3.63) is 75.7 Å². The highest BCUT2D eigenvalue weighted by atomic mass is 32.2. The van der Waals surface area contributed by atoms with E-state index in [1.807, 2.05) is 6.07 Å². The predicted molar refractivity (Wildman–Crippen MR) is 150 cm³/mol. The molecule has 0 aliphatic carbocycles. The average Bonchev–Trinajstić information content (AvgIpc) is 3.49. The maximum Gasteiger partial charge on any atom is 0.280 e. The third-order valence-electron chi connectivity index (χ3n) is 5.91. The Balaban J connectivity index is 1.28. The molecule has 0 saturated heterocycles. The lowest BCUT2D eigenvalue weighted by Crippen LogP contribution is -2.37. The van der Waals surface area contributed by atoms with Crippen LogP contribution in [0.15, 0.2) is 53.7 Å². The minimum absolute atomic E-state index is 0.0966. The second-order valence-electron chi connectivity index (χ2n) is 8.57. The number of hydrogen-bond donors (Lipinski definition) is 6. The molecular formula is C24H22N10O3S2. The summed E-state index contributed by atoms with van der Waals surface area (Å²) in [5.74, 6) is -0.684. The maximum atomic E-state index is 13.3. The number of anilines is 2. The average molecular weight is 563 g/mol. The number of carbonyl (C=O) groups is 2. The summed E-state index contributed by atoms with van der Waals surface area (Å²) in [6, 6.07) is 7.05. The van der Waals surface area contributed by atoms with Gasteiger partial charge in [-0.3, -0.25) is 34.8 Å². The van der Waals surface area contributed by atoms with Crippen molar-refractivity contribution in [2.45, 2.75) is 25.0 Å². The molecule has 5 heterocycles. The van der Waals surface area contributed by atoms with Crippen molar-refractivity contribution in [3.8, 4) is 0 Å².